The van der Waals surface area contributed by atoms with Gasteiger partial charge in [0.05, 0.1) is 17.9 Å². The predicted molar refractivity (Wildman–Crippen MR) is 90.0 cm³/mol. The second kappa shape index (κ2) is 6.49. The number of hydrogen-bond donors (Lipinski definition) is 1. The monoisotopic (exact) mass is 299 g/mol. The number of ether oxygens (including phenoxy) is 1. The fraction of sp³-hybridized carbons (Fsp3) is 0.421. The molecule has 0 saturated heterocycles. The van der Waals surface area contributed by atoms with E-state index < -0.39 is 5.60 Å². The highest BCUT2D eigenvalue weighted by Gasteiger charge is 2.19. The normalized spacial score (nSPS) is 11.8. The third-order valence-electron chi connectivity index (χ3n) is 3.46. The van der Waals surface area contributed by atoms with E-state index in [1.807, 2.05) is 43.3 Å². The lowest BCUT2D eigenvalue weighted by Crippen LogP contribution is -2.17. The lowest BCUT2D eigenvalue weighted by molar-refractivity contribution is 0.0775. The number of pyridine rings is 1. The van der Waals surface area contributed by atoms with Crippen LogP contribution in [0.15, 0.2) is 36.4 Å². The Morgan fingerprint density at radius 2 is 1.91 bits per heavy atom. The first-order chi connectivity index (χ1) is 10.3. The fourth-order valence-electron chi connectivity index (χ4n) is 2.38. The van der Waals surface area contributed by atoms with Crippen molar-refractivity contribution in [3.8, 4) is 17.0 Å². The summed E-state index contributed by atoms with van der Waals surface area (Å²) in [6.07, 6.45) is 0. The summed E-state index contributed by atoms with van der Waals surface area (Å²) in [5, 5.41) is 10.1. The molecule has 0 fully saturated rings. The molecule has 0 aliphatic heterocycles. The number of aryl methyl sites for hydroxylation is 1. The molecular formula is C19H25NO2. The highest BCUT2D eigenvalue weighted by Crippen LogP contribution is 2.27. The van der Waals surface area contributed by atoms with E-state index in [1.165, 1.54) is 0 Å². The molecule has 0 radical (unpaired) electrons. The maximum atomic E-state index is 10.1. The predicted octanol–water partition coefficient (Wildman–Crippen LogP) is 4.32. The summed E-state index contributed by atoms with van der Waals surface area (Å²) in [4.78, 5) is 4.63. The second-order valence-corrected chi connectivity index (χ2v) is 6.62. The van der Waals surface area contributed by atoms with Crippen molar-refractivity contribution in [3.05, 3.63) is 47.7 Å². The minimum absolute atomic E-state index is 0.495. The van der Waals surface area contributed by atoms with Crippen LogP contribution in [0.1, 0.15) is 39.0 Å². The molecule has 0 spiro atoms. The van der Waals surface area contributed by atoms with Gasteiger partial charge in [-0.15, -0.1) is 0 Å². The number of aromatic nitrogens is 1. The van der Waals surface area contributed by atoms with Crippen LogP contribution >= 0.6 is 0 Å². The molecule has 1 heterocycles. The standard InChI is InChI=1S/C19H25NO2/c1-13(2)12-22-16-8-6-7-15(11-16)18-10-9-17(14(3)20-18)19(4,5)21/h6-11,13,21H,12H2,1-5H3. The molecule has 0 aliphatic rings. The molecule has 2 aromatic rings. The fourth-order valence-corrected chi connectivity index (χ4v) is 2.38. The van der Waals surface area contributed by atoms with Crippen molar-refractivity contribution >= 4 is 0 Å². The van der Waals surface area contributed by atoms with Crippen molar-refractivity contribution in [2.24, 2.45) is 5.92 Å². The van der Waals surface area contributed by atoms with Gasteiger partial charge < -0.3 is 9.84 Å². The zero-order valence-electron chi connectivity index (χ0n) is 14.1. The summed E-state index contributed by atoms with van der Waals surface area (Å²) in [7, 11) is 0. The molecule has 22 heavy (non-hydrogen) atoms. The Kier molecular flexibility index (Phi) is 4.87. The second-order valence-electron chi connectivity index (χ2n) is 6.62. The Bertz CT molecular complexity index is 642. The molecule has 3 nitrogen and oxygen atoms in total. The summed E-state index contributed by atoms with van der Waals surface area (Å²) in [5.41, 5.74) is 2.73. The van der Waals surface area contributed by atoms with Crippen LogP contribution in [-0.4, -0.2) is 16.7 Å². The molecular weight excluding hydrogens is 274 g/mol. The number of aliphatic hydroxyl groups is 1. The third kappa shape index (κ3) is 4.08. The minimum Gasteiger partial charge on any atom is -0.493 e. The topological polar surface area (TPSA) is 42.4 Å². The van der Waals surface area contributed by atoms with E-state index in [0.29, 0.717) is 12.5 Å². The molecule has 3 heteroatoms. The first-order valence-electron chi connectivity index (χ1n) is 7.71. The molecule has 0 unspecified atom stereocenters. The number of rotatable bonds is 5. The highest BCUT2D eigenvalue weighted by molar-refractivity contribution is 5.61. The Balaban J connectivity index is 2.29. The van der Waals surface area contributed by atoms with Gasteiger partial charge in [0.15, 0.2) is 0 Å². The summed E-state index contributed by atoms with van der Waals surface area (Å²) < 4.78 is 5.77. The van der Waals surface area contributed by atoms with Crippen LogP contribution in [0.4, 0.5) is 0 Å². The zero-order valence-corrected chi connectivity index (χ0v) is 14.1. The zero-order chi connectivity index (χ0) is 16.3. The van der Waals surface area contributed by atoms with E-state index in [4.69, 9.17) is 4.74 Å². The Hall–Kier alpha value is -1.87. The van der Waals surface area contributed by atoms with Gasteiger partial charge in [-0.05, 0) is 44.9 Å². The van der Waals surface area contributed by atoms with Crippen molar-refractivity contribution < 1.29 is 9.84 Å². The summed E-state index contributed by atoms with van der Waals surface area (Å²) in [6.45, 7) is 10.4. The maximum Gasteiger partial charge on any atom is 0.119 e. The van der Waals surface area contributed by atoms with Crippen LogP contribution in [0, 0.1) is 12.8 Å². The Morgan fingerprint density at radius 3 is 2.50 bits per heavy atom. The molecule has 1 aromatic carbocycles. The van der Waals surface area contributed by atoms with Crippen molar-refractivity contribution in [2.75, 3.05) is 6.61 Å². The highest BCUT2D eigenvalue weighted by atomic mass is 16.5. The van der Waals surface area contributed by atoms with Gasteiger partial charge in [0.25, 0.3) is 0 Å². The van der Waals surface area contributed by atoms with E-state index in [1.54, 1.807) is 13.8 Å². The summed E-state index contributed by atoms with van der Waals surface area (Å²) >= 11 is 0. The van der Waals surface area contributed by atoms with E-state index >= 15 is 0 Å². The molecule has 0 aliphatic carbocycles. The van der Waals surface area contributed by atoms with Crippen LogP contribution in [-0.2, 0) is 5.60 Å². The molecule has 0 bridgehead atoms. The molecule has 1 N–H and O–H groups in total. The van der Waals surface area contributed by atoms with Gasteiger partial charge in [0, 0.05) is 16.8 Å². The van der Waals surface area contributed by atoms with Crippen molar-refractivity contribution in [1.82, 2.24) is 4.98 Å². The first-order valence-corrected chi connectivity index (χ1v) is 7.71. The van der Waals surface area contributed by atoms with E-state index in [-0.39, 0.29) is 0 Å². The van der Waals surface area contributed by atoms with Crippen molar-refractivity contribution in [2.45, 2.75) is 40.2 Å². The van der Waals surface area contributed by atoms with Crippen LogP contribution in [0.25, 0.3) is 11.3 Å². The van der Waals surface area contributed by atoms with E-state index in [0.717, 1.165) is 28.3 Å². The number of nitrogens with zero attached hydrogens (tertiary/aromatic N) is 1. The minimum atomic E-state index is -0.877. The lowest BCUT2D eigenvalue weighted by atomic mass is 9.96. The smallest absolute Gasteiger partial charge is 0.119 e. The molecule has 0 saturated carbocycles. The van der Waals surface area contributed by atoms with Gasteiger partial charge in [-0.3, -0.25) is 4.98 Å². The van der Waals surface area contributed by atoms with Gasteiger partial charge in [-0.1, -0.05) is 32.0 Å². The van der Waals surface area contributed by atoms with Crippen LogP contribution < -0.4 is 4.74 Å². The Labute approximate surface area is 133 Å². The average Bonchev–Trinajstić information content (AvgIpc) is 2.44. The molecule has 0 amide bonds. The quantitative estimate of drug-likeness (QED) is 0.894. The third-order valence-corrected chi connectivity index (χ3v) is 3.46. The average molecular weight is 299 g/mol. The van der Waals surface area contributed by atoms with Crippen molar-refractivity contribution in [3.63, 3.8) is 0 Å². The Morgan fingerprint density at radius 1 is 1.18 bits per heavy atom. The van der Waals surface area contributed by atoms with Gasteiger partial charge in [-0.2, -0.15) is 0 Å². The number of hydrogen-bond acceptors (Lipinski definition) is 3. The van der Waals surface area contributed by atoms with E-state index in [2.05, 4.69) is 18.8 Å². The maximum absolute atomic E-state index is 10.1. The lowest BCUT2D eigenvalue weighted by Gasteiger charge is -2.20. The van der Waals surface area contributed by atoms with Gasteiger partial charge in [0.2, 0.25) is 0 Å². The molecule has 118 valence electrons. The van der Waals surface area contributed by atoms with Gasteiger partial charge in [-0.25, -0.2) is 0 Å². The van der Waals surface area contributed by atoms with Crippen LogP contribution in [0.2, 0.25) is 0 Å². The summed E-state index contributed by atoms with van der Waals surface area (Å²) in [6, 6.07) is 11.9. The van der Waals surface area contributed by atoms with Crippen LogP contribution in [0.5, 0.6) is 5.75 Å². The largest absolute Gasteiger partial charge is 0.493 e. The van der Waals surface area contributed by atoms with Gasteiger partial charge in [0.1, 0.15) is 5.75 Å². The molecule has 1 aromatic heterocycles. The number of benzene rings is 1. The molecule has 0 atom stereocenters. The van der Waals surface area contributed by atoms with Crippen molar-refractivity contribution in [1.29, 1.82) is 0 Å². The SMILES string of the molecule is Cc1nc(-c2cccc(OCC(C)C)c2)ccc1C(C)(C)O. The van der Waals surface area contributed by atoms with E-state index in [9.17, 15) is 5.11 Å². The molecule has 2 rings (SSSR count). The summed E-state index contributed by atoms with van der Waals surface area (Å²) in [5.74, 6) is 1.35. The van der Waals surface area contributed by atoms with Gasteiger partial charge >= 0.3 is 0 Å². The first kappa shape index (κ1) is 16.5. The van der Waals surface area contributed by atoms with Crippen LogP contribution in [0.3, 0.4) is 0 Å².